The number of nitrogens with one attached hydrogen (secondary N) is 1. The number of esters is 1. The molecule has 3 rings (SSSR count). The molecule has 0 saturated carbocycles. The van der Waals surface area contributed by atoms with Crippen LogP contribution in [-0.4, -0.2) is 73.5 Å². The average Bonchev–Trinajstić information content (AvgIpc) is 2.80. The molecule has 0 unspecified atom stereocenters. The van der Waals surface area contributed by atoms with Gasteiger partial charge in [-0.1, -0.05) is 11.6 Å². The predicted molar refractivity (Wildman–Crippen MR) is 126 cm³/mol. The fourth-order valence-corrected chi connectivity index (χ4v) is 5.08. The number of rotatable bonds is 8. The van der Waals surface area contributed by atoms with E-state index in [9.17, 15) is 18.0 Å². The Morgan fingerprint density at radius 3 is 2.24 bits per heavy atom. The summed E-state index contributed by atoms with van der Waals surface area (Å²) in [6, 6.07) is 11.2. The second kappa shape index (κ2) is 12.3. The molecule has 186 valence electrons. The maximum absolute atomic E-state index is 13.3. The smallest absolute Gasteiger partial charge is 0.320 e. The summed E-state index contributed by atoms with van der Waals surface area (Å²) in [5, 5.41) is 9.69. The van der Waals surface area contributed by atoms with Crippen molar-refractivity contribution in [3.05, 3.63) is 53.6 Å². The first-order chi connectivity index (χ1) is 15.7. The Kier molecular flexibility index (Phi) is 10.1. The van der Waals surface area contributed by atoms with E-state index < -0.39 is 27.9 Å². The van der Waals surface area contributed by atoms with Crippen molar-refractivity contribution in [2.45, 2.75) is 17.9 Å². The number of amides is 1. The van der Waals surface area contributed by atoms with Gasteiger partial charge in [0, 0.05) is 24.7 Å². The summed E-state index contributed by atoms with van der Waals surface area (Å²) in [5.74, 6) is -0.421. The van der Waals surface area contributed by atoms with Crippen LogP contribution in [0.3, 0.4) is 0 Å². The maximum Gasteiger partial charge on any atom is 0.320 e. The number of piperazine rings is 1. The van der Waals surface area contributed by atoms with Gasteiger partial charge < -0.3 is 9.47 Å². The summed E-state index contributed by atoms with van der Waals surface area (Å²) >= 11 is 5.85. The van der Waals surface area contributed by atoms with Gasteiger partial charge in [-0.15, -0.1) is 12.4 Å². The van der Waals surface area contributed by atoms with E-state index in [2.05, 4.69) is 0 Å². The topological polar surface area (TPSA) is 125 Å². The van der Waals surface area contributed by atoms with E-state index in [-0.39, 0.29) is 50.1 Å². The summed E-state index contributed by atoms with van der Waals surface area (Å²) in [4.78, 5) is 25.6. The minimum Gasteiger partial charge on any atom is -0.465 e. The molecule has 0 bridgehead atoms. The van der Waals surface area contributed by atoms with Gasteiger partial charge in [0.05, 0.1) is 18.0 Å². The second-order valence-corrected chi connectivity index (χ2v) is 9.50. The highest BCUT2D eigenvalue weighted by Gasteiger charge is 2.40. The monoisotopic (exact) mass is 533 g/mol. The highest BCUT2D eigenvalue weighted by Crippen LogP contribution is 2.27. The number of ether oxygens (including phenoxy) is 2. The number of benzene rings is 2. The zero-order chi connectivity index (χ0) is 24.0. The van der Waals surface area contributed by atoms with Crippen LogP contribution in [0.4, 0.5) is 0 Å². The van der Waals surface area contributed by atoms with Crippen LogP contribution in [0, 0.1) is 0 Å². The van der Waals surface area contributed by atoms with Crippen LogP contribution >= 0.6 is 24.0 Å². The molecule has 0 radical (unpaired) electrons. The third-order valence-corrected chi connectivity index (χ3v) is 7.14. The van der Waals surface area contributed by atoms with Crippen molar-refractivity contribution >= 4 is 45.9 Å². The lowest BCUT2D eigenvalue weighted by Crippen LogP contribution is -2.60. The predicted octanol–water partition coefficient (Wildman–Crippen LogP) is 2.30. The van der Waals surface area contributed by atoms with Gasteiger partial charge in [-0.2, -0.15) is 4.31 Å². The fourth-order valence-electron chi connectivity index (χ4n) is 3.39. The van der Waals surface area contributed by atoms with Crippen LogP contribution < -0.4 is 10.2 Å². The molecule has 10 nitrogen and oxygen atoms in total. The van der Waals surface area contributed by atoms with E-state index in [0.717, 1.165) is 4.31 Å². The van der Waals surface area contributed by atoms with Crippen molar-refractivity contribution in [2.75, 3.05) is 32.8 Å². The summed E-state index contributed by atoms with van der Waals surface area (Å²) in [6.45, 7) is 1.88. The molecule has 1 aliphatic heterocycles. The van der Waals surface area contributed by atoms with E-state index in [4.69, 9.17) is 26.3 Å². The van der Waals surface area contributed by atoms with Gasteiger partial charge in [-0.3, -0.25) is 19.7 Å². The van der Waals surface area contributed by atoms with Crippen LogP contribution in [-0.2, 0) is 24.3 Å². The number of hydrogen-bond donors (Lipinski definition) is 2. The number of sulfonamides is 1. The van der Waals surface area contributed by atoms with E-state index >= 15 is 0 Å². The summed E-state index contributed by atoms with van der Waals surface area (Å²) in [5.41, 5.74) is 1.51. The van der Waals surface area contributed by atoms with Crippen LogP contribution in [0.2, 0.25) is 5.02 Å². The van der Waals surface area contributed by atoms with Gasteiger partial charge in [0.25, 0.3) is 5.91 Å². The number of nitrogens with zero attached hydrogens (tertiary/aromatic N) is 2. The molecule has 1 amide bonds. The molecular formula is C21H25Cl2N3O7S. The Labute approximate surface area is 208 Å². The lowest BCUT2D eigenvalue weighted by Gasteiger charge is -2.38. The van der Waals surface area contributed by atoms with Crippen LogP contribution in [0.5, 0.6) is 11.5 Å². The molecule has 34 heavy (non-hydrogen) atoms. The van der Waals surface area contributed by atoms with Gasteiger partial charge in [-0.05, 0) is 55.5 Å². The van der Waals surface area contributed by atoms with Crippen LogP contribution in [0.15, 0.2) is 53.4 Å². The summed E-state index contributed by atoms with van der Waals surface area (Å²) in [6.07, 6.45) is 0. The van der Waals surface area contributed by atoms with Crippen molar-refractivity contribution in [2.24, 2.45) is 0 Å². The fraction of sp³-hybridized carbons (Fsp3) is 0.333. The third kappa shape index (κ3) is 6.81. The van der Waals surface area contributed by atoms with E-state index in [1.54, 1.807) is 36.1 Å². The van der Waals surface area contributed by atoms with Gasteiger partial charge in [-0.25, -0.2) is 13.9 Å². The van der Waals surface area contributed by atoms with Crippen molar-refractivity contribution in [1.82, 2.24) is 14.7 Å². The molecule has 1 aliphatic rings. The Bertz CT molecular complexity index is 1080. The first-order valence-electron chi connectivity index (χ1n) is 10.1. The third-order valence-electron chi connectivity index (χ3n) is 4.97. The minimum atomic E-state index is -4.08. The number of carbonyl (C=O) groups is 2. The number of carbonyl (C=O) groups excluding carboxylic acids is 2. The summed E-state index contributed by atoms with van der Waals surface area (Å²) in [7, 11) is -4.08. The Hall–Kier alpha value is -2.41. The Morgan fingerprint density at radius 1 is 1.09 bits per heavy atom. The van der Waals surface area contributed by atoms with E-state index in [0.29, 0.717) is 16.5 Å². The van der Waals surface area contributed by atoms with Gasteiger partial charge in [0.2, 0.25) is 10.0 Å². The van der Waals surface area contributed by atoms with Crippen molar-refractivity contribution in [3.8, 4) is 11.5 Å². The highest BCUT2D eigenvalue weighted by molar-refractivity contribution is 7.89. The number of hydrogen-bond acceptors (Lipinski definition) is 8. The lowest BCUT2D eigenvalue weighted by molar-refractivity contribution is -0.146. The molecule has 2 aromatic carbocycles. The molecule has 13 heteroatoms. The quantitative estimate of drug-likeness (QED) is 0.300. The van der Waals surface area contributed by atoms with Gasteiger partial charge in [0.15, 0.2) is 0 Å². The number of halogens is 2. The van der Waals surface area contributed by atoms with Gasteiger partial charge >= 0.3 is 5.97 Å². The standard InChI is InChI=1S/C21H24ClN3O7S.ClH/c1-2-31-20(26)14-24-11-12-25(19(13-24)21(27)23-28)33(29,30)18-9-7-17(8-10-18)32-16-5-3-15(22)4-6-16;/h3-10,19,28H,2,11-14H2,1H3,(H,23,27);1H/t19-;/m1./s1. The van der Waals surface area contributed by atoms with Crippen LogP contribution in [0.1, 0.15) is 6.92 Å². The second-order valence-electron chi connectivity index (χ2n) is 7.18. The lowest BCUT2D eigenvalue weighted by atomic mass is 10.2. The number of hydroxylamine groups is 1. The van der Waals surface area contributed by atoms with E-state index in [1.165, 1.54) is 29.7 Å². The zero-order valence-corrected chi connectivity index (χ0v) is 20.6. The molecule has 1 saturated heterocycles. The zero-order valence-electron chi connectivity index (χ0n) is 18.2. The van der Waals surface area contributed by atoms with Gasteiger partial charge in [0.1, 0.15) is 17.5 Å². The minimum absolute atomic E-state index is 0. The molecule has 0 spiro atoms. The van der Waals surface area contributed by atoms with Crippen molar-refractivity contribution in [1.29, 1.82) is 0 Å². The highest BCUT2D eigenvalue weighted by atomic mass is 35.5. The maximum atomic E-state index is 13.3. The molecule has 0 aromatic heterocycles. The molecular weight excluding hydrogens is 509 g/mol. The molecule has 0 aliphatic carbocycles. The SMILES string of the molecule is CCOC(=O)CN1CCN(S(=O)(=O)c2ccc(Oc3ccc(Cl)cc3)cc2)[C@@H](C(=O)NO)C1.Cl. The molecule has 1 atom stereocenters. The normalized spacial score (nSPS) is 16.9. The average molecular weight is 534 g/mol. The molecule has 2 N–H and O–H groups in total. The van der Waals surface area contributed by atoms with Crippen molar-refractivity contribution < 1.29 is 32.7 Å². The Morgan fingerprint density at radius 2 is 1.68 bits per heavy atom. The first-order valence-corrected chi connectivity index (χ1v) is 11.9. The van der Waals surface area contributed by atoms with E-state index in [1.807, 2.05) is 0 Å². The van der Waals surface area contributed by atoms with Crippen LogP contribution in [0.25, 0.3) is 0 Å². The molecule has 1 fully saturated rings. The first kappa shape index (κ1) is 27.8. The Balaban J connectivity index is 0.00000408. The molecule has 2 aromatic rings. The van der Waals surface area contributed by atoms with Crippen molar-refractivity contribution in [3.63, 3.8) is 0 Å². The largest absolute Gasteiger partial charge is 0.465 e. The molecule has 1 heterocycles. The summed E-state index contributed by atoms with van der Waals surface area (Å²) < 4.78 is 38.1.